The van der Waals surface area contributed by atoms with Gasteiger partial charge in [0.25, 0.3) is 0 Å². The Labute approximate surface area is 132 Å². The summed E-state index contributed by atoms with van der Waals surface area (Å²) in [5.41, 5.74) is 0. The normalized spacial score (nSPS) is 71.7. The molecule has 0 aromatic carbocycles. The predicted molar refractivity (Wildman–Crippen MR) is 80.5 cm³/mol. The molecule has 7 saturated carbocycles. The summed E-state index contributed by atoms with van der Waals surface area (Å²) in [6.07, 6.45) is 6.69. The Bertz CT molecular complexity index is 578. The van der Waals surface area contributed by atoms with E-state index >= 15 is 0 Å². The summed E-state index contributed by atoms with van der Waals surface area (Å²) in [6.45, 7) is 0.442. The highest BCUT2D eigenvalue weighted by Crippen LogP contribution is 2.82. The van der Waals surface area contributed by atoms with Crippen LogP contribution in [0.5, 0.6) is 0 Å². The Kier molecular flexibility index (Phi) is 1.92. The molecule has 0 unspecified atom stereocenters. The van der Waals surface area contributed by atoms with Crippen molar-refractivity contribution in [3.63, 3.8) is 0 Å². The summed E-state index contributed by atoms with van der Waals surface area (Å²) in [6, 6.07) is 0. The standard InChI is InChI=1S/C20H26O2/c21-6-11-12-7-2-1-3-8(7)15-16(12)17-14(11)9-4-5-10-13(9)18(17)19(15)20(10)22/h7-19,21H,1-6H2/t7-,8+,9-,10-,11+,12-,13-,14+,15+,16-,17-,18+,19+/m0/s1. The molecule has 0 aromatic heterocycles. The topological polar surface area (TPSA) is 37.3 Å². The number of ketones is 1. The highest BCUT2D eigenvalue weighted by atomic mass is 16.3. The van der Waals surface area contributed by atoms with Crippen LogP contribution in [0.3, 0.4) is 0 Å². The fourth-order valence-electron chi connectivity index (χ4n) is 10.6. The first kappa shape index (κ1) is 12.1. The van der Waals surface area contributed by atoms with Crippen molar-refractivity contribution >= 4 is 5.78 Å². The van der Waals surface area contributed by atoms with Gasteiger partial charge in [-0.25, -0.2) is 0 Å². The molecular formula is C20H26O2. The van der Waals surface area contributed by atoms with E-state index in [1.165, 1.54) is 32.1 Å². The van der Waals surface area contributed by atoms with Gasteiger partial charge in [-0.05, 0) is 90.8 Å². The lowest BCUT2D eigenvalue weighted by Gasteiger charge is -2.31. The zero-order chi connectivity index (χ0) is 14.3. The lowest BCUT2D eigenvalue weighted by molar-refractivity contribution is -0.126. The lowest BCUT2D eigenvalue weighted by atomic mass is 9.75. The molecule has 0 radical (unpaired) electrons. The lowest BCUT2D eigenvalue weighted by Crippen LogP contribution is -2.29. The number of hydrogen-bond donors (Lipinski definition) is 1. The van der Waals surface area contributed by atoms with Gasteiger partial charge in [-0.3, -0.25) is 4.79 Å². The molecule has 7 fully saturated rings. The summed E-state index contributed by atoms with van der Waals surface area (Å²) in [4.78, 5) is 13.2. The Morgan fingerprint density at radius 2 is 1.50 bits per heavy atom. The molecule has 13 atom stereocenters. The first-order valence-electron chi connectivity index (χ1n) is 9.97. The van der Waals surface area contributed by atoms with Crippen molar-refractivity contribution < 1.29 is 9.90 Å². The molecule has 0 amide bonds. The molecule has 7 aliphatic rings. The Morgan fingerprint density at radius 1 is 0.773 bits per heavy atom. The van der Waals surface area contributed by atoms with Gasteiger partial charge in [0.05, 0.1) is 0 Å². The second kappa shape index (κ2) is 3.50. The van der Waals surface area contributed by atoms with Crippen LogP contribution >= 0.6 is 0 Å². The van der Waals surface area contributed by atoms with E-state index in [2.05, 4.69) is 0 Å². The summed E-state index contributed by atoms with van der Waals surface area (Å²) in [5.74, 6) is 10.4. The maximum absolute atomic E-state index is 13.2. The van der Waals surface area contributed by atoms with Crippen LogP contribution in [0.25, 0.3) is 0 Å². The number of carbonyl (C=O) groups is 1. The molecule has 0 heterocycles. The zero-order valence-electron chi connectivity index (χ0n) is 13.1. The molecule has 0 bridgehead atoms. The minimum Gasteiger partial charge on any atom is -0.396 e. The van der Waals surface area contributed by atoms with Gasteiger partial charge in [-0.15, -0.1) is 0 Å². The Hall–Kier alpha value is -0.370. The third-order valence-corrected chi connectivity index (χ3v) is 10.3. The summed E-state index contributed by atoms with van der Waals surface area (Å²) in [7, 11) is 0. The average Bonchev–Trinajstić information content (AvgIpc) is 3.26. The fraction of sp³-hybridized carbons (Fsp3) is 0.950. The van der Waals surface area contributed by atoms with E-state index in [0.29, 0.717) is 24.4 Å². The Balaban J connectivity index is 1.47. The number of rotatable bonds is 1. The van der Waals surface area contributed by atoms with Gasteiger partial charge in [0, 0.05) is 18.4 Å². The van der Waals surface area contributed by atoms with Gasteiger partial charge in [0.15, 0.2) is 0 Å². The van der Waals surface area contributed by atoms with E-state index in [9.17, 15) is 9.90 Å². The van der Waals surface area contributed by atoms with E-state index in [0.717, 1.165) is 65.0 Å². The molecule has 0 aliphatic heterocycles. The van der Waals surface area contributed by atoms with Crippen LogP contribution in [0, 0.1) is 76.9 Å². The van der Waals surface area contributed by atoms with Crippen molar-refractivity contribution in [2.24, 2.45) is 76.9 Å². The van der Waals surface area contributed by atoms with E-state index < -0.39 is 0 Å². The second-order valence-electron chi connectivity index (χ2n) is 9.92. The van der Waals surface area contributed by atoms with E-state index in [1.54, 1.807) is 0 Å². The van der Waals surface area contributed by atoms with Crippen LogP contribution in [0.15, 0.2) is 0 Å². The van der Waals surface area contributed by atoms with Crippen molar-refractivity contribution in [3.8, 4) is 0 Å². The molecule has 0 saturated heterocycles. The van der Waals surface area contributed by atoms with Gasteiger partial charge >= 0.3 is 0 Å². The molecular weight excluding hydrogens is 272 g/mol. The quantitative estimate of drug-likeness (QED) is 0.808. The highest BCUT2D eigenvalue weighted by Gasteiger charge is 2.80. The van der Waals surface area contributed by atoms with Crippen LogP contribution in [-0.4, -0.2) is 17.5 Å². The summed E-state index contributed by atoms with van der Waals surface area (Å²) < 4.78 is 0. The summed E-state index contributed by atoms with van der Waals surface area (Å²) >= 11 is 0. The molecule has 2 nitrogen and oxygen atoms in total. The monoisotopic (exact) mass is 298 g/mol. The minimum absolute atomic E-state index is 0.442. The molecule has 1 N–H and O–H groups in total. The van der Waals surface area contributed by atoms with Gasteiger partial charge in [-0.1, -0.05) is 6.42 Å². The van der Waals surface area contributed by atoms with Gasteiger partial charge < -0.3 is 5.11 Å². The van der Waals surface area contributed by atoms with Crippen molar-refractivity contribution in [2.45, 2.75) is 32.1 Å². The van der Waals surface area contributed by atoms with Crippen molar-refractivity contribution in [3.05, 3.63) is 0 Å². The number of fused-ring (bicyclic) bond motifs is 5. The van der Waals surface area contributed by atoms with E-state index in [4.69, 9.17) is 0 Å². The number of hydrogen-bond acceptors (Lipinski definition) is 2. The smallest absolute Gasteiger partial charge is 0.139 e. The minimum atomic E-state index is 0.442. The van der Waals surface area contributed by atoms with Crippen LogP contribution in [-0.2, 0) is 4.79 Å². The van der Waals surface area contributed by atoms with E-state index in [-0.39, 0.29) is 0 Å². The first-order valence-corrected chi connectivity index (χ1v) is 9.97. The second-order valence-corrected chi connectivity index (χ2v) is 9.92. The van der Waals surface area contributed by atoms with E-state index in [1.807, 2.05) is 0 Å². The van der Waals surface area contributed by atoms with Crippen molar-refractivity contribution in [1.82, 2.24) is 0 Å². The first-order chi connectivity index (χ1) is 10.8. The SMILES string of the molecule is O=C1[C@H]2[C@H]3[C@H]4[C@H]([C@H]5CC[C@H]1[C@H]53)[C@H](CO)[C@@H]1[C@H]3CCC[C@H]3[C@@H]2[C@H]14. The van der Waals surface area contributed by atoms with Crippen LogP contribution in [0.2, 0.25) is 0 Å². The molecule has 7 aliphatic carbocycles. The molecule has 0 spiro atoms. The molecule has 7 rings (SSSR count). The maximum Gasteiger partial charge on any atom is 0.139 e. The maximum atomic E-state index is 13.2. The fourth-order valence-corrected chi connectivity index (χ4v) is 10.6. The van der Waals surface area contributed by atoms with Gasteiger partial charge in [0.2, 0.25) is 0 Å². The number of aliphatic hydroxyl groups is 1. The predicted octanol–water partition coefficient (Wildman–Crippen LogP) is 2.60. The van der Waals surface area contributed by atoms with Gasteiger partial charge in [-0.2, -0.15) is 0 Å². The van der Waals surface area contributed by atoms with Crippen LogP contribution < -0.4 is 0 Å². The van der Waals surface area contributed by atoms with Crippen molar-refractivity contribution in [2.75, 3.05) is 6.61 Å². The largest absolute Gasteiger partial charge is 0.396 e. The third-order valence-electron chi connectivity index (χ3n) is 10.3. The number of aliphatic hydroxyl groups excluding tert-OH is 1. The number of carbonyl (C=O) groups excluding carboxylic acids is 1. The molecule has 118 valence electrons. The Morgan fingerprint density at radius 3 is 2.32 bits per heavy atom. The number of Topliss-reactive ketones (excluding diaryl/α,β-unsaturated/α-hetero) is 1. The zero-order valence-corrected chi connectivity index (χ0v) is 13.1. The summed E-state index contributed by atoms with van der Waals surface area (Å²) in [5, 5.41) is 10.3. The van der Waals surface area contributed by atoms with Gasteiger partial charge in [0.1, 0.15) is 5.78 Å². The average molecular weight is 298 g/mol. The van der Waals surface area contributed by atoms with Crippen LogP contribution in [0.4, 0.5) is 0 Å². The van der Waals surface area contributed by atoms with Crippen molar-refractivity contribution in [1.29, 1.82) is 0 Å². The molecule has 22 heavy (non-hydrogen) atoms. The molecule has 2 heteroatoms. The van der Waals surface area contributed by atoms with Crippen LogP contribution in [0.1, 0.15) is 32.1 Å². The third kappa shape index (κ3) is 0.951. The molecule has 0 aromatic rings. The highest BCUT2D eigenvalue weighted by molar-refractivity contribution is 5.88.